The van der Waals surface area contributed by atoms with Gasteiger partial charge in [0, 0.05) is 29.5 Å². The Morgan fingerprint density at radius 3 is 1.68 bits per heavy atom. The van der Waals surface area contributed by atoms with Crippen LogP contribution in [0.5, 0.6) is 0 Å². The zero-order chi connectivity index (χ0) is 20.9. The first kappa shape index (κ1) is 20.8. The van der Waals surface area contributed by atoms with Gasteiger partial charge in [0.25, 0.3) is 0 Å². The van der Waals surface area contributed by atoms with Crippen LogP contribution in [0.25, 0.3) is 0 Å². The minimum Gasteiger partial charge on any atom is -0.326 e. The lowest BCUT2D eigenvalue weighted by molar-refractivity contribution is -0.135. The summed E-state index contributed by atoms with van der Waals surface area (Å²) in [5.41, 5.74) is 0.515. The van der Waals surface area contributed by atoms with E-state index in [1.807, 2.05) is 0 Å². The van der Waals surface area contributed by atoms with Gasteiger partial charge in [-0.3, -0.25) is 19.2 Å². The molecular formula is C21H23N3O4. The smallest absolute Gasteiger partial charge is 0.239 e. The van der Waals surface area contributed by atoms with Crippen molar-refractivity contribution in [1.82, 2.24) is 0 Å². The molecular weight excluding hydrogens is 358 g/mol. The molecule has 2 rings (SSSR count). The van der Waals surface area contributed by atoms with Crippen LogP contribution in [0.4, 0.5) is 17.1 Å². The average Bonchev–Trinajstić information content (AvgIpc) is 2.61. The fraction of sp³-hybridized carbons (Fsp3) is 0.238. The first-order valence-electron chi connectivity index (χ1n) is 8.71. The van der Waals surface area contributed by atoms with Gasteiger partial charge in [0.15, 0.2) is 5.78 Å². The summed E-state index contributed by atoms with van der Waals surface area (Å²) in [4.78, 5) is 48.0. The third-order valence-electron chi connectivity index (χ3n) is 4.10. The van der Waals surface area contributed by atoms with Gasteiger partial charge in [-0.1, -0.05) is 18.2 Å². The Hall–Kier alpha value is -3.48. The number of benzene rings is 2. The van der Waals surface area contributed by atoms with E-state index in [0.29, 0.717) is 22.6 Å². The van der Waals surface area contributed by atoms with E-state index in [9.17, 15) is 19.2 Å². The molecule has 0 spiro atoms. The molecule has 0 radical (unpaired) electrons. The summed E-state index contributed by atoms with van der Waals surface area (Å²) >= 11 is 0. The predicted octanol–water partition coefficient (Wildman–Crippen LogP) is 3.45. The summed E-state index contributed by atoms with van der Waals surface area (Å²) in [7, 11) is 0. The molecule has 2 aromatic rings. The molecule has 7 heteroatoms. The molecule has 0 atom stereocenters. The van der Waals surface area contributed by atoms with Crippen molar-refractivity contribution in [1.29, 1.82) is 0 Å². The fourth-order valence-electron chi connectivity index (χ4n) is 2.37. The second-order valence-electron chi connectivity index (χ2n) is 6.93. The number of hydrogen-bond donors (Lipinski definition) is 3. The molecule has 28 heavy (non-hydrogen) atoms. The molecule has 0 heterocycles. The summed E-state index contributed by atoms with van der Waals surface area (Å²) in [5.74, 6) is -1.36. The zero-order valence-electron chi connectivity index (χ0n) is 16.3. The maximum atomic E-state index is 12.7. The van der Waals surface area contributed by atoms with Gasteiger partial charge in [0.1, 0.15) is 5.41 Å². The molecule has 3 amide bonds. The van der Waals surface area contributed by atoms with Crippen molar-refractivity contribution in [2.75, 3.05) is 16.0 Å². The van der Waals surface area contributed by atoms with Crippen LogP contribution in [0.15, 0.2) is 48.5 Å². The highest BCUT2D eigenvalue weighted by atomic mass is 16.2. The fourth-order valence-corrected chi connectivity index (χ4v) is 2.37. The maximum Gasteiger partial charge on any atom is 0.239 e. The molecule has 146 valence electrons. The largest absolute Gasteiger partial charge is 0.326 e. The molecule has 0 aliphatic heterocycles. The standard InChI is InChI=1S/C21H23N3O4/c1-13(25)15-7-5-8-16(11-15)23-19(27)21(3,4)20(28)24-18-10-6-9-17(12-18)22-14(2)26/h5-12H,1-4H3,(H,22,26)(H,23,27)(H,24,28). The Labute approximate surface area is 163 Å². The van der Waals surface area contributed by atoms with Crippen LogP contribution < -0.4 is 16.0 Å². The number of ketones is 1. The highest BCUT2D eigenvalue weighted by Gasteiger charge is 2.36. The Bertz CT molecular complexity index is 935. The van der Waals surface area contributed by atoms with E-state index < -0.39 is 17.2 Å². The minimum absolute atomic E-state index is 0.118. The topological polar surface area (TPSA) is 104 Å². The third-order valence-corrected chi connectivity index (χ3v) is 4.10. The molecule has 3 N–H and O–H groups in total. The lowest BCUT2D eigenvalue weighted by Gasteiger charge is -2.23. The number of amides is 3. The summed E-state index contributed by atoms with van der Waals surface area (Å²) in [6, 6.07) is 13.2. The van der Waals surface area contributed by atoms with Crippen molar-refractivity contribution in [2.45, 2.75) is 27.7 Å². The van der Waals surface area contributed by atoms with Crippen LogP contribution in [0.2, 0.25) is 0 Å². The number of nitrogens with one attached hydrogen (secondary N) is 3. The van der Waals surface area contributed by atoms with Crippen LogP contribution in [-0.4, -0.2) is 23.5 Å². The summed E-state index contributed by atoms with van der Waals surface area (Å²) in [6.45, 7) is 5.83. The Balaban J connectivity index is 2.11. The molecule has 0 aliphatic rings. The van der Waals surface area contributed by atoms with Gasteiger partial charge < -0.3 is 16.0 Å². The molecule has 0 bridgehead atoms. The van der Waals surface area contributed by atoms with E-state index in [1.165, 1.54) is 27.7 Å². The van der Waals surface area contributed by atoms with Crippen LogP contribution in [0.3, 0.4) is 0 Å². The molecule has 0 aromatic heterocycles. The first-order valence-corrected chi connectivity index (χ1v) is 8.71. The molecule has 2 aromatic carbocycles. The van der Waals surface area contributed by atoms with Crippen molar-refractivity contribution >= 4 is 40.6 Å². The van der Waals surface area contributed by atoms with Crippen molar-refractivity contribution in [3.8, 4) is 0 Å². The SMILES string of the molecule is CC(=O)Nc1cccc(NC(=O)C(C)(C)C(=O)Nc2cccc(C(C)=O)c2)c1. The van der Waals surface area contributed by atoms with Crippen molar-refractivity contribution in [3.63, 3.8) is 0 Å². The second kappa shape index (κ2) is 8.47. The second-order valence-corrected chi connectivity index (χ2v) is 6.93. The number of rotatable bonds is 6. The minimum atomic E-state index is -1.38. The Morgan fingerprint density at radius 2 is 1.18 bits per heavy atom. The highest BCUT2D eigenvalue weighted by molar-refractivity contribution is 6.14. The molecule has 0 saturated heterocycles. The van der Waals surface area contributed by atoms with Crippen molar-refractivity contribution in [3.05, 3.63) is 54.1 Å². The molecule has 0 fully saturated rings. The number of hydrogen-bond acceptors (Lipinski definition) is 4. The van der Waals surface area contributed by atoms with E-state index in [2.05, 4.69) is 16.0 Å². The van der Waals surface area contributed by atoms with Crippen LogP contribution in [0.1, 0.15) is 38.1 Å². The van der Waals surface area contributed by atoms with E-state index in [-0.39, 0.29) is 11.7 Å². The van der Waals surface area contributed by atoms with Crippen molar-refractivity contribution < 1.29 is 19.2 Å². The zero-order valence-corrected chi connectivity index (χ0v) is 16.3. The lowest BCUT2D eigenvalue weighted by Crippen LogP contribution is -2.41. The van der Waals surface area contributed by atoms with E-state index in [1.54, 1.807) is 48.5 Å². The number of anilines is 3. The van der Waals surface area contributed by atoms with Gasteiger partial charge in [-0.05, 0) is 51.1 Å². The average molecular weight is 381 g/mol. The number of carbonyl (C=O) groups excluding carboxylic acids is 4. The first-order chi connectivity index (χ1) is 13.1. The van der Waals surface area contributed by atoms with Gasteiger partial charge in [0.05, 0.1) is 0 Å². The Kier molecular flexibility index (Phi) is 6.30. The van der Waals surface area contributed by atoms with Crippen LogP contribution in [0, 0.1) is 5.41 Å². The normalized spacial score (nSPS) is 10.7. The lowest BCUT2D eigenvalue weighted by atomic mass is 9.90. The molecule has 0 saturated carbocycles. The molecule has 0 unspecified atom stereocenters. The van der Waals surface area contributed by atoms with Crippen LogP contribution >= 0.6 is 0 Å². The van der Waals surface area contributed by atoms with Gasteiger partial charge >= 0.3 is 0 Å². The van der Waals surface area contributed by atoms with Gasteiger partial charge in [0.2, 0.25) is 17.7 Å². The highest BCUT2D eigenvalue weighted by Crippen LogP contribution is 2.23. The quantitative estimate of drug-likeness (QED) is 0.526. The van der Waals surface area contributed by atoms with E-state index >= 15 is 0 Å². The monoisotopic (exact) mass is 381 g/mol. The maximum absolute atomic E-state index is 12.7. The summed E-state index contributed by atoms with van der Waals surface area (Å²) < 4.78 is 0. The van der Waals surface area contributed by atoms with Gasteiger partial charge in [-0.15, -0.1) is 0 Å². The number of Topliss-reactive ketones (excluding diaryl/α,β-unsaturated/α-hetero) is 1. The predicted molar refractivity (Wildman–Crippen MR) is 108 cm³/mol. The van der Waals surface area contributed by atoms with Gasteiger partial charge in [-0.2, -0.15) is 0 Å². The van der Waals surface area contributed by atoms with Crippen LogP contribution in [-0.2, 0) is 14.4 Å². The van der Waals surface area contributed by atoms with E-state index in [0.717, 1.165) is 0 Å². The molecule has 7 nitrogen and oxygen atoms in total. The van der Waals surface area contributed by atoms with E-state index in [4.69, 9.17) is 0 Å². The van der Waals surface area contributed by atoms with Crippen molar-refractivity contribution in [2.24, 2.45) is 5.41 Å². The number of carbonyl (C=O) groups is 4. The molecule has 0 aliphatic carbocycles. The summed E-state index contributed by atoms with van der Waals surface area (Å²) in [6.07, 6.45) is 0. The third kappa shape index (κ3) is 5.26. The Morgan fingerprint density at radius 1 is 0.714 bits per heavy atom. The summed E-state index contributed by atoms with van der Waals surface area (Å²) in [5, 5.41) is 7.99. The van der Waals surface area contributed by atoms with Gasteiger partial charge in [-0.25, -0.2) is 0 Å².